The van der Waals surface area contributed by atoms with Crippen molar-refractivity contribution in [3.8, 4) is 17.2 Å². The number of nitrogens with zero attached hydrogens (tertiary/aromatic N) is 3. The van der Waals surface area contributed by atoms with Crippen molar-refractivity contribution in [1.82, 2.24) is 14.1 Å². The highest BCUT2D eigenvalue weighted by atomic mass is 35.5. The average molecular weight is 366 g/mol. The van der Waals surface area contributed by atoms with Crippen LogP contribution in [0.4, 0.5) is 0 Å². The highest BCUT2D eigenvalue weighted by molar-refractivity contribution is 6.31. The zero-order valence-corrected chi connectivity index (χ0v) is 14.1. The first-order valence-electron chi connectivity index (χ1n) is 7.93. The number of carbonyl (C=O) groups excluding carboxylic acids is 1. The molecule has 128 valence electrons. The maximum atomic E-state index is 12.1. The van der Waals surface area contributed by atoms with Crippen LogP contribution in [-0.2, 0) is 0 Å². The van der Waals surface area contributed by atoms with E-state index in [4.69, 9.17) is 16.3 Å². The van der Waals surface area contributed by atoms with Crippen LogP contribution in [0, 0.1) is 0 Å². The molecule has 0 aliphatic carbocycles. The molecular weight excluding hydrogens is 354 g/mol. The maximum Gasteiger partial charge on any atom is 0.343 e. The molecule has 2 aromatic heterocycles. The lowest BCUT2D eigenvalue weighted by atomic mass is 10.2. The van der Waals surface area contributed by atoms with Gasteiger partial charge in [0.2, 0.25) is 0 Å². The van der Waals surface area contributed by atoms with Crippen molar-refractivity contribution >= 4 is 28.6 Å². The number of hydrogen-bond acceptors (Lipinski definition) is 3. The predicted molar refractivity (Wildman–Crippen MR) is 96.9 cm³/mol. The van der Waals surface area contributed by atoms with Gasteiger partial charge in [0.05, 0.1) is 5.56 Å². The molecule has 0 amide bonds. The van der Waals surface area contributed by atoms with Crippen LogP contribution in [0.2, 0.25) is 5.02 Å². The van der Waals surface area contributed by atoms with E-state index in [1.165, 1.54) is 6.07 Å². The van der Waals surface area contributed by atoms with Crippen LogP contribution in [0.1, 0.15) is 10.4 Å². The Balaban J connectivity index is 1.45. The largest absolute Gasteiger partial charge is 0.505 e. The third-order valence-electron chi connectivity index (χ3n) is 4.26. The molecule has 3 aromatic carbocycles. The summed E-state index contributed by atoms with van der Waals surface area (Å²) in [6.07, 6.45) is 0. The Kier molecular flexibility index (Phi) is 3.05. The van der Waals surface area contributed by atoms with Crippen molar-refractivity contribution in [3.63, 3.8) is 0 Å². The molecule has 0 radical (unpaired) electrons. The van der Waals surface area contributed by atoms with E-state index in [-0.39, 0.29) is 11.5 Å². The number of phenols is 1. The zero-order valence-electron chi connectivity index (χ0n) is 13.3. The quantitative estimate of drug-likeness (QED) is 0.388. The van der Waals surface area contributed by atoms with Crippen LogP contribution < -0.4 is 4.74 Å². The molecule has 0 atom stereocenters. The van der Waals surface area contributed by atoms with E-state index in [0.29, 0.717) is 16.3 Å². The van der Waals surface area contributed by atoms with Gasteiger partial charge in [-0.25, -0.2) is 4.79 Å². The lowest BCUT2D eigenvalue weighted by Crippen LogP contribution is -2.08. The fraction of sp³-hybridized carbons (Fsp3) is 0. The van der Waals surface area contributed by atoms with Crippen LogP contribution >= 0.6 is 11.6 Å². The van der Waals surface area contributed by atoms with Crippen molar-refractivity contribution in [2.45, 2.75) is 0 Å². The molecular formula is C19H12ClN3O3. The lowest BCUT2D eigenvalue weighted by Gasteiger charge is -2.06. The van der Waals surface area contributed by atoms with Gasteiger partial charge in [-0.15, -0.1) is 14.1 Å². The van der Waals surface area contributed by atoms with Gasteiger partial charge in [-0.2, -0.15) is 0 Å². The van der Waals surface area contributed by atoms with E-state index >= 15 is 0 Å². The second-order valence-electron chi connectivity index (χ2n) is 5.91. The molecule has 0 fully saturated rings. The number of aromatic hydroxyl groups is 1. The van der Waals surface area contributed by atoms with E-state index in [2.05, 4.69) is 0 Å². The number of phenolic OH excluding ortho intramolecular Hbond substituents is 1. The van der Waals surface area contributed by atoms with Crippen molar-refractivity contribution in [1.29, 1.82) is 0 Å². The third-order valence-corrected chi connectivity index (χ3v) is 4.49. The second-order valence-corrected chi connectivity index (χ2v) is 6.34. The third kappa shape index (κ3) is 2.16. The van der Waals surface area contributed by atoms with Gasteiger partial charge in [0.25, 0.3) is 0 Å². The van der Waals surface area contributed by atoms with Gasteiger partial charge in [-0.3, -0.25) is 0 Å². The Morgan fingerprint density at radius 3 is 2.46 bits per heavy atom. The minimum absolute atomic E-state index is 0.00904. The van der Waals surface area contributed by atoms with Crippen molar-refractivity contribution in [3.05, 3.63) is 77.3 Å². The van der Waals surface area contributed by atoms with Crippen molar-refractivity contribution < 1.29 is 14.6 Å². The summed E-state index contributed by atoms with van der Waals surface area (Å²) in [5, 5.41) is 11.0. The first-order chi connectivity index (χ1) is 12.6. The molecule has 0 bridgehead atoms. The monoisotopic (exact) mass is 365 g/mol. The summed E-state index contributed by atoms with van der Waals surface area (Å²) in [6, 6.07) is 19.1. The van der Waals surface area contributed by atoms with Gasteiger partial charge < -0.3 is 9.84 Å². The van der Waals surface area contributed by atoms with E-state index in [1.807, 2.05) is 33.5 Å². The SMILES string of the molecule is O=C(Oc1ccc(-n2n3c4ccc(Cl)cc4n23)c(O)c1)c1ccccc1. The second kappa shape index (κ2) is 5.31. The standard InChI is InChI=1S/C19H12ClN3O3/c20-13-6-8-15-17(10-13)23-21(15)22(23)16-9-7-14(11-18(16)24)26-19(25)12-4-2-1-3-5-12/h1-11,24H. The summed E-state index contributed by atoms with van der Waals surface area (Å²) in [4.78, 5) is 13.9. The first-order valence-corrected chi connectivity index (χ1v) is 8.31. The summed E-state index contributed by atoms with van der Waals surface area (Å²) in [6.45, 7) is 0. The Morgan fingerprint density at radius 1 is 0.923 bits per heavy atom. The molecule has 0 saturated carbocycles. The lowest BCUT2D eigenvalue weighted by molar-refractivity contribution is 0.0734. The van der Waals surface area contributed by atoms with Crippen LogP contribution in [0.5, 0.6) is 11.5 Å². The predicted octanol–water partition coefficient (Wildman–Crippen LogP) is 4.00. The van der Waals surface area contributed by atoms with Gasteiger partial charge >= 0.3 is 5.97 Å². The number of esters is 1. The number of aromatic nitrogens is 3. The molecule has 1 N–H and O–H groups in total. The van der Waals surface area contributed by atoms with Crippen molar-refractivity contribution in [2.24, 2.45) is 0 Å². The highest BCUT2D eigenvalue weighted by Gasteiger charge is 2.26. The Morgan fingerprint density at radius 2 is 1.69 bits per heavy atom. The van der Waals surface area contributed by atoms with Crippen LogP contribution in [0.25, 0.3) is 16.7 Å². The molecule has 5 aromatic rings. The minimum Gasteiger partial charge on any atom is -0.505 e. The summed E-state index contributed by atoms with van der Waals surface area (Å²) < 4.78 is 9.10. The Hall–Kier alpha value is -3.38. The van der Waals surface area contributed by atoms with Gasteiger partial charge in [-0.05, 0) is 42.5 Å². The van der Waals surface area contributed by atoms with Gasteiger partial charge in [0.1, 0.15) is 28.2 Å². The minimum atomic E-state index is -0.473. The smallest absolute Gasteiger partial charge is 0.343 e. The van der Waals surface area contributed by atoms with Crippen LogP contribution in [0.15, 0.2) is 66.7 Å². The van der Waals surface area contributed by atoms with E-state index in [0.717, 1.165) is 11.0 Å². The summed E-state index contributed by atoms with van der Waals surface area (Å²) in [5.74, 6) is -0.186. The maximum absolute atomic E-state index is 12.1. The molecule has 0 aliphatic heterocycles. The fourth-order valence-electron chi connectivity index (χ4n) is 3.00. The normalized spacial score (nSPS) is 11.6. The molecule has 0 spiro atoms. The number of benzene rings is 3. The molecule has 0 saturated heterocycles. The summed E-state index contributed by atoms with van der Waals surface area (Å²) in [5.41, 5.74) is 3.01. The number of halogens is 1. The summed E-state index contributed by atoms with van der Waals surface area (Å²) in [7, 11) is 0. The van der Waals surface area contributed by atoms with Gasteiger partial charge in [-0.1, -0.05) is 29.8 Å². The van der Waals surface area contributed by atoms with Crippen molar-refractivity contribution in [2.75, 3.05) is 0 Å². The average Bonchev–Trinajstić information content (AvgIpc) is 3.30. The molecule has 6 nitrogen and oxygen atoms in total. The first kappa shape index (κ1) is 14.9. The number of carbonyl (C=O) groups is 1. The molecule has 0 aliphatic rings. The fourth-order valence-corrected chi connectivity index (χ4v) is 3.16. The Labute approximate surface area is 152 Å². The molecule has 0 unspecified atom stereocenters. The van der Waals surface area contributed by atoms with E-state index in [1.54, 1.807) is 41.2 Å². The molecule has 5 rings (SSSR count). The molecule has 26 heavy (non-hydrogen) atoms. The number of ether oxygens (including phenoxy) is 1. The summed E-state index contributed by atoms with van der Waals surface area (Å²) >= 11 is 6.02. The highest BCUT2D eigenvalue weighted by Crippen LogP contribution is 2.33. The Bertz CT molecular complexity index is 1250. The molecule has 2 heterocycles. The number of fused-ring (bicyclic) bond motifs is 4. The van der Waals surface area contributed by atoms with Gasteiger partial charge in [0, 0.05) is 11.1 Å². The van der Waals surface area contributed by atoms with Crippen LogP contribution in [0.3, 0.4) is 0 Å². The molecule has 7 heteroatoms. The van der Waals surface area contributed by atoms with E-state index < -0.39 is 5.97 Å². The van der Waals surface area contributed by atoms with Gasteiger partial charge in [0.15, 0.2) is 0 Å². The number of hydrogen-bond donors (Lipinski definition) is 1. The van der Waals surface area contributed by atoms with Crippen LogP contribution in [-0.4, -0.2) is 25.1 Å². The van der Waals surface area contributed by atoms with E-state index in [9.17, 15) is 9.90 Å². The zero-order chi connectivity index (χ0) is 17.8. The topological polar surface area (TPSA) is 60.3 Å². The number of rotatable bonds is 3.